The predicted octanol–water partition coefficient (Wildman–Crippen LogP) is 16.4. The summed E-state index contributed by atoms with van der Waals surface area (Å²) in [5, 5.41) is 9.69. The maximum atomic E-state index is 6.84. The van der Waals surface area contributed by atoms with E-state index < -0.39 is 0 Å². The number of nitrogens with zero attached hydrogens (tertiary/aromatic N) is 1. The minimum absolute atomic E-state index is 0.645. The van der Waals surface area contributed by atoms with E-state index in [1.54, 1.807) is 0 Å². The first-order valence-electron chi connectivity index (χ1n) is 21.0. The van der Waals surface area contributed by atoms with Crippen LogP contribution >= 0.6 is 11.3 Å². The van der Waals surface area contributed by atoms with Gasteiger partial charge in [0.2, 0.25) is 0 Å². The number of hydrogen-bond donors (Lipinski definition) is 0. The van der Waals surface area contributed by atoms with E-state index in [0.717, 1.165) is 61.0 Å². The van der Waals surface area contributed by atoms with Crippen molar-refractivity contribution >= 4 is 92.4 Å². The Hall–Kier alpha value is -7.33. The molecule has 9 aromatic carbocycles. The van der Waals surface area contributed by atoms with Crippen LogP contribution in [0.1, 0.15) is 29.2 Å². The summed E-state index contributed by atoms with van der Waals surface area (Å²) >= 11 is 1.85. The van der Waals surface area contributed by atoms with E-state index in [4.69, 9.17) is 9.41 Å². The van der Waals surface area contributed by atoms with E-state index in [2.05, 4.69) is 202 Å². The van der Waals surface area contributed by atoms with Crippen LogP contribution in [0.15, 0.2) is 204 Å². The Labute approximate surface area is 359 Å². The van der Waals surface area contributed by atoms with Gasteiger partial charge in [0.15, 0.2) is 0 Å². The number of thiophene rings is 1. The number of fused-ring (bicyclic) bond motifs is 9. The molecule has 0 aliphatic heterocycles. The topological polar surface area (TPSA) is 25.5 Å². The second kappa shape index (κ2) is 15.4. The molecule has 11 aromatic rings. The molecule has 3 heteroatoms. The van der Waals surface area contributed by atoms with Crippen LogP contribution in [-0.4, -0.2) is 12.3 Å². The van der Waals surface area contributed by atoms with E-state index in [-0.39, 0.29) is 0 Å². The molecule has 0 saturated heterocycles. The summed E-state index contributed by atoms with van der Waals surface area (Å²) in [5.41, 5.74) is 13.1. The Kier molecular flexibility index (Phi) is 9.25. The second-order valence-electron chi connectivity index (χ2n) is 15.6. The quantitative estimate of drug-likeness (QED) is 0.105. The fourth-order valence-electron chi connectivity index (χ4n) is 9.48. The molecule has 0 aliphatic carbocycles. The zero-order valence-corrected chi connectivity index (χ0v) is 34.7. The molecule has 0 spiro atoms. The van der Waals surface area contributed by atoms with Gasteiger partial charge in [0, 0.05) is 43.1 Å². The van der Waals surface area contributed by atoms with Crippen molar-refractivity contribution in [1.82, 2.24) is 0 Å². The monoisotopic (exact) mass is 799 g/mol. The lowest BCUT2D eigenvalue weighted by Crippen LogP contribution is -2.04. The van der Waals surface area contributed by atoms with Crippen LogP contribution in [0.25, 0.3) is 97.6 Å². The number of rotatable bonds is 9. The Balaban J connectivity index is 1.21. The molecule has 0 fully saturated rings. The molecule has 0 aliphatic rings. The molecule has 11 rings (SSSR count). The van der Waals surface area contributed by atoms with Gasteiger partial charge in [0.25, 0.3) is 0 Å². The molecule has 290 valence electrons. The average molecular weight is 800 g/mol. The molecular weight excluding hydrogens is 759 g/mol. The standard InChI is InChI=1S/C58H41NOS/c1-3-41-43-22-8-9-23-44(43)45-24-10-11-25-46(45)50(41)35-40(36-51(59-4-2)39-21-14-20-38(34-39)37-18-6-5-7-19-37)42-27-15-30-52-57(42)58-48(28-16-31-53(58)60-52)47-29-17-33-55-56(47)49-26-12-13-32-54(49)61-55/h3,5-34,36H,1,4,35H2,2H3/b40-36+,59-51+. The SMILES string of the molecule is C=Cc1c(C/C(=C\C(=N/CC)c2cccc(-c3ccccc3)c2)c2cccc3oc4cccc(-c5cccc6sc7ccccc7c56)c4c23)c2ccccc2c2ccccc12. The van der Waals surface area contributed by atoms with Crippen molar-refractivity contribution < 1.29 is 4.42 Å². The third-order valence-electron chi connectivity index (χ3n) is 12.1. The summed E-state index contributed by atoms with van der Waals surface area (Å²) in [6.07, 6.45) is 5.03. The largest absolute Gasteiger partial charge is 0.456 e. The molecule has 0 amide bonds. The summed E-state index contributed by atoms with van der Waals surface area (Å²) in [6, 6.07) is 65.4. The molecule has 0 radical (unpaired) electrons. The number of hydrogen-bond acceptors (Lipinski definition) is 3. The van der Waals surface area contributed by atoms with Crippen LogP contribution < -0.4 is 0 Å². The summed E-state index contributed by atoms with van der Waals surface area (Å²) in [6.45, 7) is 7.18. The van der Waals surface area contributed by atoms with Crippen molar-refractivity contribution in [3.63, 3.8) is 0 Å². The highest BCUT2D eigenvalue weighted by atomic mass is 32.1. The molecule has 2 aromatic heterocycles. The van der Waals surface area contributed by atoms with Gasteiger partial charge in [-0.25, -0.2) is 0 Å². The van der Waals surface area contributed by atoms with Gasteiger partial charge in [0.1, 0.15) is 11.2 Å². The molecule has 0 bridgehead atoms. The Morgan fingerprint density at radius 3 is 1.95 bits per heavy atom. The van der Waals surface area contributed by atoms with Gasteiger partial charge in [0.05, 0.1) is 5.71 Å². The van der Waals surface area contributed by atoms with E-state index in [9.17, 15) is 0 Å². The van der Waals surface area contributed by atoms with Gasteiger partial charge in [-0.05, 0) is 116 Å². The van der Waals surface area contributed by atoms with Gasteiger partial charge in [-0.3, -0.25) is 4.99 Å². The number of aliphatic imine (C=N–C) groups is 1. The molecule has 0 unspecified atom stereocenters. The lowest BCUT2D eigenvalue weighted by atomic mass is 9.85. The molecule has 0 N–H and O–H groups in total. The van der Waals surface area contributed by atoms with Gasteiger partial charge in [-0.15, -0.1) is 11.3 Å². The second-order valence-corrected chi connectivity index (χ2v) is 16.7. The molecule has 0 saturated carbocycles. The zero-order valence-electron chi connectivity index (χ0n) is 33.9. The molecular formula is C58H41NOS. The van der Waals surface area contributed by atoms with Crippen LogP contribution in [0.3, 0.4) is 0 Å². The lowest BCUT2D eigenvalue weighted by molar-refractivity contribution is 0.669. The van der Waals surface area contributed by atoms with Crippen molar-refractivity contribution in [1.29, 1.82) is 0 Å². The van der Waals surface area contributed by atoms with E-state index in [0.29, 0.717) is 13.0 Å². The number of benzene rings is 9. The average Bonchev–Trinajstić information content (AvgIpc) is 3.90. The Morgan fingerprint density at radius 2 is 1.16 bits per heavy atom. The smallest absolute Gasteiger partial charge is 0.136 e. The van der Waals surface area contributed by atoms with E-state index in [1.807, 2.05) is 17.4 Å². The molecule has 2 nitrogen and oxygen atoms in total. The Bertz CT molecular complexity index is 3560. The minimum Gasteiger partial charge on any atom is -0.456 e. The highest BCUT2D eigenvalue weighted by molar-refractivity contribution is 7.25. The van der Waals surface area contributed by atoms with E-state index in [1.165, 1.54) is 58.4 Å². The molecule has 2 heterocycles. The van der Waals surface area contributed by atoms with Crippen LogP contribution in [0, 0.1) is 0 Å². The van der Waals surface area contributed by atoms with Gasteiger partial charge < -0.3 is 4.42 Å². The maximum absolute atomic E-state index is 6.84. The zero-order chi connectivity index (χ0) is 40.9. The van der Waals surface area contributed by atoms with Crippen molar-refractivity contribution in [3.8, 4) is 22.3 Å². The molecule has 61 heavy (non-hydrogen) atoms. The van der Waals surface area contributed by atoms with Crippen LogP contribution in [0.4, 0.5) is 0 Å². The minimum atomic E-state index is 0.645. The number of furan rings is 1. The van der Waals surface area contributed by atoms with E-state index >= 15 is 0 Å². The third kappa shape index (κ3) is 6.29. The predicted molar refractivity (Wildman–Crippen MR) is 264 cm³/mol. The Morgan fingerprint density at radius 1 is 0.557 bits per heavy atom. The van der Waals surface area contributed by atoms with Crippen molar-refractivity contribution in [2.45, 2.75) is 13.3 Å². The first kappa shape index (κ1) is 36.7. The summed E-state index contributed by atoms with van der Waals surface area (Å²) < 4.78 is 9.41. The van der Waals surface area contributed by atoms with Gasteiger partial charge >= 0.3 is 0 Å². The van der Waals surface area contributed by atoms with Crippen LogP contribution in [0.2, 0.25) is 0 Å². The van der Waals surface area contributed by atoms with Gasteiger partial charge in [-0.2, -0.15) is 0 Å². The van der Waals surface area contributed by atoms with Gasteiger partial charge in [-0.1, -0.05) is 164 Å². The molecule has 0 atom stereocenters. The fourth-order valence-corrected chi connectivity index (χ4v) is 10.6. The summed E-state index contributed by atoms with van der Waals surface area (Å²) in [7, 11) is 0. The van der Waals surface area contributed by atoms with Crippen LogP contribution in [0.5, 0.6) is 0 Å². The normalized spacial score (nSPS) is 12.4. The third-order valence-corrected chi connectivity index (χ3v) is 13.3. The number of allylic oxidation sites excluding steroid dienone is 2. The first-order chi connectivity index (χ1) is 30.2. The fraction of sp³-hybridized carbons (Fsp3) is 0.0517. The first-order valence-corrected chi connectivity index (χ1v) is 21.8. The van der Waals surface area contributed by atoms with Crippen molar-refractivity contribution in [2.75, 3.05) is 6.54 Å². The summed E-state index contributed by atoms with van der Waals surface area (Å²) in [4.78, 5) is 5.24. The maximum Gasteiger partial charge on any atom is 0.136 e. The highest BCUT2D eigenvalue weighted by Gasteiger charge is 2.22. The van der Waals surface area contributed by atoms with Crippen molar-refractivity contribution in [2.24, 2.45) is 4.99 Å². The summed E-state index contributed by atoms with van der Waals surface area (Å²) in [5.74, 6) is 0. The van der Waals surface area contributed by atoms with Crippen LogP contribution in [-0.2, 0) is 6.42 Å². The lowest BCUT2D eigenvalue weighted by Gasteiger charge is -2.19. The highest BCUT2D eigenvalue weighted by Crippen LogP contribution is 2.46. The van der Waals surface area contributed by atoms with Crippen molar-refractivity contribution in [3.05, 3.63) is 217 Å².